The van der Waals surface area contributed by atoms with E-state index < -0.39 is 17.6 Å². The number of benzene rings is 1. The number of hydrogen-bond donors (Lipinski definition) is 3. The van der Waals surface area contributed by atoms with Crippen molar-refractivity contribution in [2.24, 2.45) is 5.73 Å². The van der Waals surface area contributed by atoms with E-state index in [1.165, 1.54) is 25.2 Å². The highest BCUT2D eigenvalue weighted by Crippen LogP contribution is 2.18. The Kier molecular flexibility index (Phi) is 4.45. The van der Waals surface area contributed by atoms with Crippen molar-refractivity contribution in [1.29, 1.82) is 0 Å². The molecule has 92 valence electrons. The van der Waals surface area contributed by atoms with E-state index in [1.807, 2.05) is 0 Å². The van der Waals surface area contributed by atoms with Crippen molar-refractivity contribution in [1.82, 2.24) is 5.32 Å². The number of primary amides is 1. The zero-order valence-corrected chi connectivity index (χ0v) is 9.42. The van der Waals surface area contributed by atoms with Gasteiger partial charge in [0.2, 0.25) is 5.91 Å². The van der Waals surface area contributed by atoms with Gasteiger partial charge < -0.3 is 16.4 Å². The SMILES string of the molecule is CNc1c(F)cccc1C(=O)NCCC(N)=O. The minimum atomic E-state index is -0.505. The van der Waals surface area contributed by atoms with Gasteiger partial charge in [-0.25, -0.2) is 4.39 Å². The zero-order valence-electron chi connectivity index (χ0n) is 9.42. The summed E-state index contributed by atoms with van der Waals surface area (Å²) in [5.74, 6) is -1.46. The maximum Gasteiger partial charge on any atom is 0.253 e. The monoisotopic (exact) mass is 239 g/mol. The lowest BCUT2D eigenvalue weighted by molar-refractivity contribution is -0.117. The van der Waals surface area contributed by atoms with E-state index in [1.54, 1.807) is 0 Å². The first-order valence-corrected chi connectivity index (χ1v) is 5.09. The summed E-state index contributed by atoms with van der Waals surface area (Å²) >= 11 is 0. The fourth-order valence-corrected chi connectivity index (χ4v) is 1.36. The molecule has 1 aromatic rings. The quantitative estimate of drug-likeness (QED) is 0.698. The van der Waals surface area contributed by atoms with Crippen LogP contribution in [0.1, 0.15) is 16.8 Å². The van der Waals surface area contributed by atoms with Gasteiger partial charge in [-0.15, -0.1) is 0 Å². The molecule has 0 saturated carbocycles. The van der Waals surface area contributed by atoms with Crippen LogP contribution in [0.15, 0.2) is 18.2 Å². The summed E-state index contributed by atoms with van der Waals surface area (Å²) in [6.07, 6.45) is 0.0515. The van der Waals surface area contributed by atoms with E-state index in [2.05, 4.69) is 10.6 Å². The first-order chi connectivity index (χ1) is 8.06. The molecule has 17 heavy (non-hydrogen) atoms. The molecule has 0 aliphatic carbocycles. The van der Waals surface area contributed by atoms with Crippen molar-refractivity contribution < 1.29 is 14.0 Å². The molecule has 0 saturated heterocycles. The van der Waals surface area contributed by atoms with Gasteiger partial charge in [-0.3, -0.25) is 9.59 Å². The Hall–Kier alpha value is -2.11. The molecule has 4 N–H and O–H groups in total. The van der Waals surface area contributed by atoms with Crippen molar-refractivity contribution in [3.63, 3.8) is 0 Å². The highest BCUT2D eigenvalue weighted by atomic mass is 19.1. The molecule has 0 spiro atoms. The molecule has 5 nitrogen and oxygen atoms in total. The number of carbonyl (C=O) groups excluding carboxylic acids is 2. The summed E-state index contributed by atoms with van der Waals surface area (Å²) < 4.78 is 13.3. The van der Waals surface area contributed by atoms with Gasteiger partial charge in [0, 0.05) is 20.0 Å². The van der Waals surface area contributed by atoms with E-state index in [0.29, 0.717) is 0 Å². The molecule has 0 aliphatic heterocycles. The number of anilines is 1. The van der Waals surface area contributed by atoms with Gasteiger partial charge in [0.1, 0.15) is 5.82 Å². The first kappa shape index (κ1) is 13.0. The number of amides is 2. The molecule has 1 rings (SSSR count). The summed E-state index contributed by atoms with van der Waals surface area (Å²) in [5, 5.41) is 5.10. The van der Waals surface area contributed by atoms with Crippen LogP contribution in [-0.2, 0) is 4.79 Å². The Bertz CT molecular complexity index is 435. The number of carbonyl (C=O) groups is 2. The summed E-state index contributed by atoms with van der Waals surface area (Å²) in [5.41, 5.74) is 5.26. The van der Waals surface area contributed by atoms with Gasteiger partial charge in [0.05, 0.1) is 11.3 Å². The first-order valence-electron chi connectivity index (χ1n) is 5.09. The Balaban J connectivity index is 2.75. The summed E-state index contributed by atoms with van der Waals surface area (Å²) in [7, 11) is 1.53. The lowest BCUT2D eigenvalue weighted by atomic mass is 10.1. The maximum absolute atomic E-state index is 13.3. The van der Waals surface area contributed by atoms with E-state index in [0.717, 1.165) is 0 Å². The number of hydrogen-bond acceptors (Lipinski definition) is 3. The fraction of sp³-hybridized carbons (Fsp3) is 0.273. The number of para-hydroxylation sites is 1. The van der Waals surface area contributed by atoms with Crippen LogP contribution in [-0.4, -0.2) is 25.4 Å². The van der Waals surface area contributed by atoms with Gasteiger partial charge >= 0.3 is 0 Å². The molecular formula is C11H14FN3O2. The van der Waals surface area contributed by atoms with Gasteiger partial charge in [-0.1, -0.05) is 6.07 Å². The summed E-state index contributed by atoms with van der Waals surface area (Å²) in [6.45, 7) is 0.133. The molecule has 0 heterocycles. The topological polar surface area (TPSA) is 84.2 Å². The Morgan fingerprint density at radius 1 is 1.41 bits per heavy atom. The van der Waals surface area contributed by atoms with Crippen molar-refractivity contribution in [3.8, 4) is 0 Å². The Morgan fingerprint density at radius 3 is 2.71 bits per heavy atom. The van der Waals surface area contributed by atoms with Crippen LogP contribution in [0.4, 0.5) is 10.1 Å². The van der Waals surface area contributed by atoms with Crippen LogP contribution in [0.3, 0.4) is 0 Å². The standard InChI is InChI=1S/C11H14FN3O2/c1-14-10-7(3-2-4-8(10)12)11(17)15-6-5-9(13)16/h2-4,14H,5-6H2,1H3,(H2,13,16)(H,15,17). The molecule has 1 aromatic carbocycles. The van der Waals surface area contributed by atoms with Crippen LogP contribution >= 0.6 is 0 Å². The smallest absolute Gasteiger partial charge is 0.253 e. The lowest BCUT2D eigenvalue weighted by Gasteiger charge is -2.09. The molecule has 0 unspecified atom stereocenters. The molecule has 0 bridgehead atoms. The summed E-state index contributed by atoms with van der Waals surface area (Å²) in [6, 6.07) is 4.19. The fourth-order valence-electron chi connectivity index (χ4n) is 1.36. The van der Waals surface area contributed by atoms with E-state index in [4.69, 9.17) is 5.73 Å². The van der Waals surface area contributed by atoms with Gasteiger partial charge in [-0.05, 0) is 12.1 Å². The van der Waals surface area contributed by atoms with Crippen molar-refractivity contribution in [2.75, 3.05) is 18.9 Å². The van der Waals surface area contributed by atoms with Crippen molar-refractivity contribution in [3.05, 3.63) is 29.6 Å². The molecule has 0 radical (unpaired) electrons. The second kappa shape index (κ2) is 5.83. The van der Waals surface area contributed by atoms with Crippen molar-refractivity contribution in [2.45, 2.75) is 6.42 Å². The molecule has 0 aliphatic rings. The third kappa shape index (κ3) is 3.44. The van der Waals surface area contributed by atoms with Crippen LogP contribution < -0.4 is 16.4 Å². The summed E-state index contributed by atoms with van der Waals surface area (Å²) in [4.78, 5) is 22.2. The normalized spacial score (nSPS) is 9.76. The Labute approximate surface area is 98.2 Å². The van der Waals surface area contributed by atoms with E-state index in [9.17, 15) is 14.0 Å². The van der Waals surface area contributed by atoms with Crippen LogP contribution in [0.2, 0.25) is 0 Å². The minimum Gasteiger partial charge on any atom is -0.385 e. The van der Waals surface area contributed by atoms with Gasteiger partial charge in [-0.2, -0.15) is 0 Å². The zero-order chi connectivity index (χ0) is 12.8. The highest BCUT2D eigenvalue weighted by molar-refractivity contribution is 5.99. The third-order valence-electron chi connectivity index (χ3n) is 2.17. The molecule has 0 aromatic heterocycles. The average molecular weight is 239 g/mol. The second-order valence-electron chi connectivity index (χ2n) is 3.38. The molecule has 0 fully saturated rings. The maximum atomic E-state index is 13.3. The predicted octanol–water partition coefficient (Wildman–Crippen LogP) is 0.473. The van der Waals surface area contributed by atoms with Crippen LogP contribution in [0.5, 0.6) is 0 Å². The lowest BCUT2D eigenvalue weighted by Crippen LogP contribution is -2.28. The van der Waals surface area contributed by atoms with Gasteiger partial charge in [0.15, 0.2) is 0 Å². The number of nitrogens with one attached hydrogen (secondary N) is 2. The predicted molar refractivity (Wildman–Crippen MR) is 62.1 cm³/mol. The van der Waals surface area contributed by atoms with Crippen molar-refractivity contribution >= 4 is 17.5 Å². The average Bonchev–Trinajstić information content (AvgIpc) is 2.28. The molecule has 0 atom stereocenters. The number of nitrogens with two attached hydrogens (primary N) is 1. The second-order valence-corrected chi connectivity index (χ2v) is 3.38. The van der Waals surface area contributed by atoms with Crippen LogP contribution in [0.25, 0.3) is 0 Å². The Morgan fingerprint density at radius 2 is 2.12 bits per heavy atom. The molecular weight excluding hydrogens is 225 g/mol. The largest absolute Gasteiger partial charge is 0.385 e. The van der Waals surface area contributed by atoms with Crippen LogP contribution in [0, 0.1) is 5.82 Å². The van der Waals surface area contributed by atoms with Gasteiger partial charge in [0.25, 0.3) is 5.91 Å². The van der Waals surface area contributed by atoms with E-state index in [-0.39, 0.29) is 24.2 Å². The number of rotatable bonds is 5. The number of halogens is 1. The highest BCUT2D eigenvalue weighted by Gasteiger charge is 2.13. The third-order valence-corrected chi connectivity index (χ3v) is 2.17. The molecule has 2 amide bonds. The minimum absolute atomic E-state index is 0.0515. The van der Waals surface area contributed by atoms with E-state index >= 15 is 0 Å². The molecule has 6 heteroatoms.